The number of benzene rings is 2. The molecule has 4 N–H and O–H groups in total. The van der Waals surface area contributed by atoms with Crippen molar-refractivity contribution in [1.29, 1.82) is 0 Å². The van der Waals surface area contributed by atoms with Crippen molar-refractivity contribution in [2.75, 3.05) is 12.4 Å². The molecule has 0 saturated carbocycles. The summed E-state index contributed by atoms with van der Waals surface area (Å²) in [4.78, 5) is 22.7. The Balaban J connectivity index is 1.82. The minimum absolute atomic E-state index is 0.184. The molecule has 0 aliphatic carbocycles. The zero-order valence-electron chi connectivity index (χ0n) is 12.8. The van der Waals surface area contributed by atoms with Gasteiger partial charge in [0.25, 0.3) is 0 Å². The summed E-state index contributed by atoms with van der Waals surface area (Å²) in [5.41, 5.74) is 7.55. The quantitative estimate of drug-likeness (QED) is 0.762. The Hall–Kier alpha value is -3.02. The monoisotopic (exact) mass is 313 g/mol. The van der Waals surface area contributed by atoms with E-state index in [1.807, 2.05) is 24.3 Å². The van der Waals surface area contributed by atoms with E-state index in [-0.39, 0.29) is 18.4 Å². The Kier molecular flexibility index (Phi) is 5.57. The molecular weight excluding hydrogens is 294 g/mol. The van der Waals surface area contributed by atoms with Gasteiger partial charge >= 0.3 is 6.03 Å². The second kappa shape index (κ2) is 7.84. The fourth-order valence-electron chi connectivity index (χ4n) is 2.01. The minimum atomic E-state index is -0.386. The molecule has 0 fully saturated rings. The SMILES string of the molecule is COc1ccc(CNC(=O)Nc2ccc(CC(N)=O)cc2)cc1. The molecule has 0 saturated heterocycles. The summed E-state index contributed by atoms with van der Waals surface area (Å²) in [7, 11) is 1.61. The Morgan fingerprint density at radius 3 is 2.17 bits per heavy atom. The molecule has 0 radical (unpaired) electrons. The van der Waals surface area contributed by atoms with Crippen LogP contribution in [0.1, 0.15) is 11.1 Å². The zero-order chi connectivity index (χ0) is 16.7. The number of methoxy groups -OCH3 is 1. The number of nitrogens with one attached hydrogen (secondary N) is 2. The van der Waals surface area contributed by atoms with Crippen LogP contribution in [0.4, 0.5) is 10.5 Å². The third-order valence-electron chi connectivity index (χ3n) is 3.20. The lowest BCUT2D eigenvalue weighted by Gasteiger charge is -2.09. The van der Waals surface area contributed by atoms with Crippen LogP contribution in [0.2, 0.25) is 0 Å². The van der Waals surface area contributed by atoms with Crippen molar-refractivity contribution >= 4 is 17.6 Å². The average molecular weight is 313 g/mol. The number of carbonyl (C=O) groups excluding carboxylic acids is 2. The molecule has 2 aromatic rings. The van der Waals surface area contributed by atoms with E-state index in [0.29, 0.717) is 12.2 Å². The molecule has 6 nitrogen and oxygen atoms in total. The van der Waals surface area contributed by atoms with Crippen molar-refractivity contribution in [2.24, 2.45) is 5.73 Å². The molecule has 3 amide bonds. The predicted octanol–water partition coefficient (Wildman–Crippen LogP) is 2.04. The Bertz CT molecular complexity index is 666. The highest BCUT2D eigenvalue weighted by atomic mass is 16.5. The topological polar surface area (TPSA) is 93.4 Å². The van der Waals surface area contributed by atoms with Gasteiger partial charge in [-0.25, -0.2) is 4.79 Å². The van der Waals surface area contributed by atoms with Crippen LogP contribution in [0.3, 0.4) is 0 Å². The Labute approximate surface area is 134 Å². The predicted molar refractivity (Wildman–Crippen MR) is 88.2 cm³/mol. The van der Waals surface area contributed by atoms with Crippen molar-refractivity contribution in [3.63, 3.8) is 0 Å². The number of carbonyl (C=O) groups is 2. The first kappa shape index (κ1) is 16.4. The molecule has 6 heteroatoms. The van der Waals surface area contributed by atoms with E-state index in [0.717, 1.165) is 16.9 Å². The van der Waals surface area contributed by atoms with E-state index in [2.05, 4.69) is 10.6 Å². The summed E-state index contributed by atoms with van der Waals surface area (Å²) in [6.07, 6.45) is 0.184. The van der Waals surface area contributed by atoms with Gasteiger partial charge in [-0.1, -0.05) is 24.3 Å². The van der Waals surface area contributed by atoms with E-state index >= 15 is 0 Å². The Morgan fingerprint density at radius 1 is 1.00 bits per heavy atom. The van der Waals surface area contributed by atoms with Gasteiger partial charge < -0.3 is 21.1 Å². The van der Waals surface area contributed by atoms with Crippen LogP contribution in [0.15, 0.2) is 48.5 Å². The molecule has 0 spiro atoms. The molecule has 0 aliphatic heterocycles. The van der Waals surface area contributed by atoms with Crippen molar-refractivity contribution in [3.8, 4) is 5.75 Å². The number of primary amides is 1. The largest absolute Gasteiger partial charge is 0.497 e. The smallest absolute Gasteiger partial charge is 0.319 e. The van der Waals surface area contributed by atoms with Crippen LogP contribution in [-0.4, -0.2) is 19.0 Å². The van der Waals surface area contributed by atoms with E-state index in [1.165, 1.54) is 0 Å². The fourth-order valence-corrected chi connectivity index (χ4v) is 2.01. The van der Waals surface area contributed by atoms with Crippen LogP contribution in [0.5, 0.6) is 5.75 Å². The van der Waals surface area contributed by atoms with Crippen LogP contribution in [0, 0.1) is 0 Å². The van der Waals surface area contributed by atoms with Crippen molar-refractivity contribution < 1.29 is 14.3 Å². The summed E-state index contributed by atoms with van der Waals surface area (Å²) >= 11 is 0. The van der Waals surface area contributed by atoms with Crippen molar-refractivity contribution in [1.82, 2.24) is 5.32 Å². The second-order valence-electron chi connectivity index (χ2n) is 5.00. The molecular formula is C17H19N3O3. The molecule has 0 heterocycles. The van der Waals surface area contributed by atoms with Gasteiger partial charge in [0.1, 0.15) is 5.75 Å². The zero-order valence-corrected chi connectivity index (χ0v) is 12.8. The second-order valence-corrected chi connectivity index (χ2v) is 5.00. The molecule has 0 aliphatic rings. The molecule has 2 aromatic carbocycles. The number of urea groups is 1. The summed E-state index contributed by atoms with van der Waals surface area (Å²) in [6.45, 7) is 0.412. The van der Waals surface area contributed by atoms with Gasteiger partial charge in [0.15, 0.2) is 0 Å². The van der Waals surface area contributed by atoms with Crippen LogP contribution in [0.25, 0.3) is 0 Å². The number of hydrogen-bond donors (Lipinski definition) is 3. The maximum Gasteiger partial charge on any atom is 0.319 e. The molecule has 0 bridgehead atoms. The maximum absolute atomic E-state index is 11.9. The molecule has 0 atom stereocenters. The lowest BCUT2D eigenvalue weighted by atomic mass is 10.1. The number of anilines is 1. The molecule has 120 valence electrons. The third-order valence-corrected chi connectivity index (χ3v) is 3.20. The van der Waals surface area contributed by atoms with Gasteiger partial charge in [-0.3, -0.25) is 4.79 Å². The number of rotatable bonds is 6. The Morgan fingerprint density at radius 2 is 1.61 bits per heavy atom. The number of amides is 3. The van der Waals surface area contributed by atoms with E-state index in [1.54, 1.807) is 31.4 Å². The average Bonchev–Trinajstić information content (AvgIpc) is 2.55. The minimum Gasteiger partial charge on any atom is -0.497 e. The van der Waals surface area contributed by atoms with Crippen molar-refractivity contribution in [3.05, 3.63) is 59.7 Å². The van der Waals surface area contributed by atoms with Gasteiger partial charge in [0, 0.05) is 12.2 Å². The lowest BCUT2D eigenvalue weighted by molar-refractivity contribution is -0.117. The van der Waals surface area contributed by atoms with Crippen LogP contribution in [-0.2, 0) is 17.8 Å². The highest BCUT2D eigenvalue weighted by Crippen LogP contribution is 2.12. The lowest BCUT2D eigenvalue weighted by Crippen LogP contribution is -2.28. The first-order valence-corrected chi connectivity index (χ1v) is 7.12. The summed E-state index contributed by atoms with van der Waals surface area (Å²) in [5, 5.41) is 5.49. The van der Waals surface area contributed by atoms with Gasteiger partial charge in [0.2, 0.25) is 5.91 Å². The van der Waals surface area contributed by atoms with Gasteiger partial charge in [-0.15, -0.1) is 0 Å². The molecule has 0 unspecified atom stereocenters. The van der Waals surface area contributed by atoms with Crippen LogP contribution < -0.4 is 21.1 Å². The standard InChI is InChI=1S/C17H19N3O3/c1-23-15-8-4-13(5-9-15)11-19-17(22)20-14-6-2-12(3-7-14)10-16(18)21/h2-9H,10-11H2,1H3,(H2,18,21)(H2,19,20,22). The number of ether oxygens (including phenoxy) is 1. The maximum atomic E-state index is 11.9. The summed E-state index contributed by atoms with van der Waals surface area (Å²) in [5.74, 6) is 0.386. The van der Waals surface area contributed by atoms with Gasteiger partial charge in [0.05, 0.1) is 13.5 Å². The number of hydrogen-bond acceptors (Lipinski definition) is 3. The summed E-state index contributed by atoms with van der Waals surface area (Å²) in [6, 6.07) is 14.1. The van der Waals surface area contributed by atoms with E-state index in [9.17, 15) is 9.59 Å². The van der Waals surface area contributed by atoms with Gasteiger partial charge in [-0.05, 0) is 35.4 Å². The number of nitrogens with two attached hydrogens (primary N) is 1. The normalized spacial score (nSPS) is 9.96. The van der Waals surface area contributed by atoms with Crippen molar-refractivity contribution in [2.45, 2.75) is 13.0 Å². The third kappa shape index (κ3) is 5.35. The molecule has 2 rings (SSSR count). The first-order valence-electron chi connectivity index (χ1n) is 7.12. The van der Waals surface area contributed by atoms with E-state index < -0.39 is 0 Å². The molecule has 23 heavy (non-hydrogen) atoms. The fraction of sp³-hybridized carbons (Fsp3) is 0.176. The van der Waals surface area contributed by atoms with E-state index in [4.69, 9.17) is 10.5 Å². The highest BCUT2D eigenvalue weighted by molar-refractivity contribution is 5.89. The highest BCUT2D eigenvalue weighted by Gasteiger charge is 2.03. The first-order chi connectivity index (χ1) is 11.1. The summed E-state index contributed by atoms with van der Waals surface area (Å²) < 4.78 is 5.08. The van der Waals surface area contributed by atoms with Gasteiger partial charge in [-0.2, -0.15) is 0 Å². The van der Waals surface area contributed by atoms with Crippen LogP contribution >= 0.6 is 0 Å². The molecule has 0 aromatic heterocycles.